The molecule has 7 heteroatoms. The molecular weight excluding hydrogens is 318 g/mol. The third-order valence-corrected chi connectivity index (χ3v) is 4.37. The van der Waals surface area contributed by atoms with Crippen LogP contribution >= 0.6 is 0 Å². The fraction of sp³-hybridized carbons (Fsp3) is 0.333. The molecule has 0 spiro atoms. The van der Waals surface area contributed by atoms with Gasteiger partial charge in [0, 0.05) is 30.4 Å². The van der Waals surface area contributed by atoms with Gasteiger partial charge in [0.1, 0.15) is 0 Å². The van der Waals surface area contributed by atoms with Crippen LogP contribution < -0.4 is 10.2 Å². The summed E-state index contributed by atoms with van der Waals surface area (Å²) in [6.45, 7) is 4.69. The highest BCUT2D eigenvalue weighted by atomic mass is 16.2. The van der Waals surface area contributed by atoms with E-state index in [1.165, 1.54) is 4.90 Å². The molecule has 1 aliphatic rings. The smallest absolute Gasteiger partial charge is 0.255 e. The van der Waals surface area contributed by atoms with Crippen molar-refractivity contribution in [2.24, 2.45) is 0 Å². The zero-order valence-corrected chi connectivity index (χ0v) is 14.0. The molecule has 0 aliphatic carbocycles. The Balaban J connectivity index is 1.39. The number of piperazine rings is 1. The molecule has 0 unspecified atom stereocenters. The number of pyridine rings is 2. The summed E-state index contributed by atoms with van der Waals surface area (Å²) in [5, 5.41) is 2.93. The zero-order valence-electron chi connectivity index (χ0n) is 14.0. The average Bonchev–Trinajstić information content (AvgIpc) is 2.69. The zero-order chi connectivity index (χ0) is 17.5. The van der Waals surface area contributed by atoms with E-state index in [2.05, 4.69) is 15.3 Å². The Kier molecular flexibility index (Phi) is 5.69. The largest absolute Gasteiger partial charge is 0.346 e. The minimum atomic E-state index is -0.0767. The molecule has 3 rings (SSSR count). The van der Waals surface area contributed by atoms with Crippen LogP contribution in [-0.2, 0) is 0 Å². The fourth-order valence-corrected chi connectivity index (χ4v) is 2.91. The van der Waals surface area contributed by atoms with Crippen molar-refractivity contribution in [2.45, 2.75) is 0 Å². The van der Waals surface area contributed by atoms with Gasteiger partial charge >= 0.3 is 0 Å². The lowest BCUT2D eigenvalue weighted by atomic mass is 10.2. The van der Waals surface area contributed by atoms with Crippen LogP contribution in [0.4, 0.5) is 0 Å². The van der Waals surface area contributed by atoms with Crippen molar-refractivity contribution in [2.75, 3.05) is 39.3 Å². The van der Waals surface area contributed by atoms with Crippen molar-refractivity contribution >= 4 is 11.8 Å². The summed E-state index contributed by atoms with van der Waals surface area (Å²) in [6.07, 6.45) is 6.49. The van der Waals surface area contributed by atoms with Gasteiger partial charge in [-0.2, -0.15) is 0 Å². The molecule has 0 saturated carbocycles. The molecule has 1 saturated heterocycles. The highest BCUT2D eigenvalue weighted by Crippen LogP contribution is 2.03. The van der Waals surface area contributed by atoms with Crippen LogP contribution in [0.1, 0.15) is 20.7 Å². The first-order valence-corrected chi connectivity index (χ1v) is 8.45. The van der Waals surface area contributed by atoms with Gasteiger partial charge in [-0.1, -0.05) is 0 Å². The summed E-state index contributed by atoms with van der Waals surface area (Å²) in [5.74, 6) is -0.0367. The first kappa shape index (κ1) is 17.0. The summed E-state index contributed by atoms with van der Waals surface area (Å²) >= 11 is 0. The summed E-state index contributed by atoms with van der Waals surface area (Å²) in [5.41, 5.74) is 1.26. The van der Waals surface area contributed by atoms with Gasteiger partial charge in [0.05, 0.1) is 44.8 Å². The highest BCUT2D eigenvalue weighted by molar-refractivity contribution is 5.94. The minimum absolute atomic E-state index is 0.0399. The van der Waals surface area contributed by atoms with E-state index >= 15 is 0 Å². The van der Waals surface area contributed by atoms with Gasteiger partial charge in [0.2, 0.25) is 0 Å². The number of hydrogen-bond acceptors (Lipinski definition) is 4. The lowest BCUT2D eigenvalue weighted by Gasteiger charge is -2.32. The number of quaternary nitrogens is 1. The average molecular weight is 340 g/mol. The monoisotopic (exact) mass is 340 g/mol. The van der Waals surface area contributed by atoms with Crippen molar-refractivity contribution in [3.8, 4) is 0 Å². The Morgan fingerprint density at radius 3 is 2.48 bits per heavy atom. The molecule has 1 fully saturated rings. The Labute approximate surface area is 146 Å². The highest BCUT2D eigenvalue weighted by Gasteiger charge is 2.24. The predicted octanol–water partition coefficient (Wildman–Crippen LogP) is -0.753. The molecule has 2 aromatic rings. The topological polar surface area (TPSA) is 79.6 Å². The second kappa shape index (κ2) is 8.34. The maximum absolute atomic E-state index is 12.4. The molecule has 0 radical (unpaired) electrons. The Hall–Kier alpha value is -2.80. The van der Waals surface area contributed by atoms with Gasteiger partial charge < -0.3 is 15.1 Å². The van der Waals surface area contributed by atoms with E-state index in [0.29, 0.717) is 17.7 Å². The van der Waals surface area contributed by atoms with E-state index in [4.69, 9.17) is 0 Å². The van der Waals surface area contributed by atoms with Crippen LogP contribution in [-0.4, -0.2) is 66.0 Å². The van der Waals surface area contributed by atoms with E-state index in [9.17, 15) is 9.59 Å². The molecule has 2 aromatic heterocycles. The van der Waals surface area contributed by atoms with Crippen molar-refractivity contribution in [3.63, 3.8) is 0 Å². The molecule has 3 heterocycles. The van der Waals surface area contributed by atoms with Crippen molar-refractivity contribution in [3.05, 3.63) is 60.2 Å². The van der Waals surface area contributed by atoms with Gasteiger partial charge in [-0.15, -0.1) is 0 Å². The number of aromatic nitrogens is 2. The number of carbonyl (C=O) groups excluding carboxylic acids is 2. The molecule has 0 atom stereocenters. The normalized spacial score (nSPS) is 15.0. The SMILES string of the molecule is O=C(NCC[NH+]1CCN(C(=O)c2cccnc2)CC1)c1ccncc1. The number of amides is 2. The van der Waals surface area contributed by atoms with Gasteiger partial charge in [-0.05, 0) is 24.3 Å². The van der Waals surface area contributed by atoms with Gasteiger partial charge in [0.25, 0.3) is 11.8 Å². The van der Waals surface area contributed by atoms with E-state index in [0.717, 1.165) is 32.7 Å². The first-order valence-electron chi connectivity index (χ1n) is 8.45. The predicted molar refractivity (Wildman–Crippen MR) is 92.3 cm³/mol. The van der Waals surface area contributed by atoms with Crippen LogP contribution in [0.3, 0.4) is 0 Å². The van der Waals surface area contributed by atoms with Crippen LogP contribution in [0.25, 0.3) is 0 Å². The summed E-state index contributed by atoms with van der Waals surface area (Å²) in [6, 6.07) is 6.97. The number of nitrogens with zero attached hydrogens (tertiary/aromatic N) is 3. The molecule has 130 valence electrons. The standard InChI is InChI=1S/C18H21N5O2/c24-17(15-3-6-19-7-4-15)21-8-9-22-10-12-23(13-11-22)18(25)16-2-1-5-20-14-16/h1-7,14H,8-13H2,(H,21,24)/p+1. The van der Waals surface area contributed by atoms with Crippen LogP contribution in [0.15, 0.2) is 49.1 Å². The summed E-state index contributed by atoms with van der Waals surface area (Å²) < 4.78 is 0. The third-order valence-electron chi connectivity index (χ3n) is 4.37. The quantitative estimate of drug-likeness (QED) is 0.750. The first-order chi connectivity index (χ1) is 12.2. The summed E-state index contributed by atoms with van der Waals surface area (Å²) in [4.78, 5) is 35.5. The maximum atomic E-state index is 12.4. The van der Waals surface area contributed by atoms with Crippen molar-refractivity contribution < 1.29 is 14.5 Å². The molecule has 25 heavy (non-hydrogen) atoms. The van der Waals surface area contributed by atoms with E-state index < -0.39 is 0 Å². The second-order valence-electron chi connectivity index (χ2n) is 6.03. The Morgan fingerprint density at radius 2 is 1.80 bits per heavy atom. The lowest BCUT2D eigenvalue weighted by molar-refractivity contribution is -0.902. The maximum Gasteiger partial charge on any atom is 0.255 e. The van der Waals surface area contributed by atoms with Gasteiger partial charge in [-0.3, -0.25) is 19.6 Å². The Morgan fingerprint density at radius 1 is 1.04 bits per heavy atom. The lowest BCUT2D eigenvalue weighted by Crippen LogP contribution is -3.15. The fourth-order valence-electron chi connectivity index (χ4n) is 2.91. The van der Waals surface area contributed by atoms with E-state index in [1.807, 2.05) is 4.90 Å². The summed E-state index contributed by atoms with van der Waals surface area (Å²) in [7, 11) is 0. The van der Waals surface area contributed by atoms with Crippen LogP contribution in [0.2, 0.25) is 0 Å². The molecular formula is C18H22N5O2+. The molecule has 2 amide bonds. The number of carbonyl (C=O) groups is 2. The molecule has 7 nitrogen and oxygen atoms in total. The van der Waals surface area contributed by atoms with Crippen molar-refractivity contribution in [1.29, 1.82) is 0 Å². The van der Waals surface area contributed by atoms with Crippen molar-refractivity contribution in [1.82, 2.24) is 20.2 Å². The Bertz CT molecular complexity index is 697. The van der Waals surface area contributed by atoms with E-state index in [-0.39, 0.29) is 11.8 Å². The van der Waals surface area contributed by atoms with Crippen LogP contribution in [0, 0.1) is 0 Å². The molecule has 2 N–H and O–H groups in total. The number of hydrogen-bond donors (Lipinski definition) is 2. The van der Waals surface area contributed by atoms with Crippen LogP contribution in [0.5, 0.6) is 0 Å². The molecule has 0 aromatic carbocycles. The van der Waals surface area contributed by atoms with Gasteiger partial charge in [0.15, 0.2) is 0 Å². The molecule has 1 aliphatic heterocycles. The minimum Gasteiger partial charge on any atom is -0.346 e. The number of nitrogens with one attached hydrogen (secondary N) is 2. The van der Waals surface area contributed by atoms with Gasteiger partial charge in [-0.25, -0.2) is 0 Å². The van der Waals surface area contributed by atoms with E-state index in [1.54, 1.807) is 49.1 Å². The number of rotatable bonds is 5. The third kappa shape index (κ3) is 4.60. The second-order valence-corrected chi connectivity index (χ2v) is 6.03. The molecule has 0 bridgehead atoms.